The van der Waals surface area contributed by atoms with E-state index in [1.165, 1.54) is 10.9 Å². The first-order chi connectivity index (χ1) is 12.2. The third kappa shape index (κ3) is 5.45. The molecule has 1 aromatic carbocycles. The number of amides is 1. The van der Waals surface area contributed by atoms with E-state index < -0.39 is 10.0 Å². The number of anilines is 3. The normalized spacial score (nSPS) is 11.2. The summed E-state index contributed by atoms with van der Waals surface area (Å²) < 4.78 is 25.8. The quantitative estimate of drug-likeness (QED) is 0.717. The number of nitrogens with zero attached hydrogens (tertiary/aromatic N) is 4. The van der Waals surface area contributed by atoms with Gasteiger partial charge >= 0.3 is 0 Å². The Labute approximate surface area is 153 Å². The lowest BCUT2D eigenvalue weighted by molar-refractivity contribution is -0.116. The van der Waals surface area contributed by atoms with E-state index >= 15 is 0 Å². The SMILES string of the molecule is CCN(CC)c1ccc(NC(=O)Cn2cc(NS(C)(=O)=O)nn2)c(C)c1. The van der Waals surface area contributed by atoms with Crippen molar-refractivity contribution in [2.75, 3.05) is 34.3 Å². The molecule has 0 aliphatic carbocycles. The van der Waals surface area contributed by atoms with Crippen LogP contribution in [0.25, 0.3) is 0 Å². The van der Waals surface area contributed by atoms with Crippen LogP contribution in [0.15, 0.2) is 24.4 Å². The molecular weight excluding hydrogens is 356 g/mol. The average molecular weight is 380 g/mol. The highest BCUT2D eigenvalue weighted by Gasteiger charge is 2.11. The lowest BCUT2D eigenvalue weighted by Crippen LogP contribution is -2.22. The van der Waals surface area contributed by atoms with Gasteiger partial charge in [-0.05, 0) is 44.5 Å². The van der Waals surface area contributed by atoms with E-state index in [1.807, 2.05) is 25.1 Å². The molecule has 0 aliphatic heterocycles. The number of benzene rings is 1. The molecule has 1 amide bonds. The van der Waals surface area contributed by atoms with Crippen LogP contribution < -0.4 is 14.9 Å². The lowest BCUT2D eigenvalue weighted by Gasteiger charge is -2.22. The van der Waals surface area contributed by atoms with Crippen LogP contribution in [0.4, 0.5) is 17.2 Å². The van der Waals surface area contributed by atoms with Crippen LogP contribution in [-0.2, 0) is 21.4 Å². The Hall–Kier alpha value is -2.62. The molecule has 2 rings (SSSR count). The van der Waals surface area contributed by atoms with Gasteiger partial charge in [0.2, 0.25) is 15.9 Å². The van der Waals surface area contributed by atoms with Gasteiger partial charge in [0.15, 0.2) is 5.82 Å². The second-order valence-electron chi connectivity index (χ2n) is 5.90. The van der Waals surface area contributed by atoms with Crippen LogP contribution in [0, 0.1) is 6.92 Å². The molecule has 0 saturated carbocycles. The number of aromatic nitrogens is 3. The molecule has 2 N–H and O–H groups in total. The number of carbonyl (C=O) groups is 1. The fourth-order valence-corrected chi connectivity index (χ4v) is 3.00. The summed E-state index contributed by atoms with van der Waals surface area (Å²) in [4.78, 5) is 14.4. The predicted molar refractivity (Wildman–Crippen MR) is 102 cm³/mol. The van der Waals surface area contributed by atoms with Crippen LogP contribution in [0.3, 0.4) is 0 Å². The smallest absolute Gasteiger partial charge is 0.246 e. The van der Waals surface area contributed by atoms with Crippen molar-refractivity contribution in [2.45, 2.75) is 27.3 Å². The highest BCUT2D eigenvalue weighted by Crippen LogP contribution is 2.22. The molecule has 0 unspecified atom stereocenters. The molecule has 1 aromatic heterocycles. The Kier molecular flexibility index (Phi) is 6.19. The predicted octanol–water partition coefficient (Wildman–Crippen LogP) is 1.44. The first kappa shape index (κ1) is 19.7. The topological polar surface area (TPSA) is 109 Å². The van der Waals surface area contributed by atoms with Crippen molar-refractivity contribution in [1.82, 2.24) is 15.0 Å². The van der Waals surface area contributed by atoms with Crippen molar-refractivity contribution in [2.24, 2.45) is 0 Å². The molecule has 0 fully saturated rings. The van der Waals surface area contributed by atoms with E-state index in [9.17, 15) is 13.2 Å². The van der Waals surface area contributed by atoms with Crippen molar-refractivity contribution in [3.8, 4) is 0 Å². The van der Waals surface area contributed by atoms with Crippen molar-refractivity contribution in [3.05, 3.63) is 30.0 Å². The first-order valence-electron chi connectivity index (χ1n) is 8.25. The summed E-state index contributed by atoms with van der Waals surface area (Å²) in [6.45, 7) is 7.89. The van der Waals surface area contributed by atoms with Gasteiger partial charge in [0.1, 0.15) is 6.54 Å². The zero-order valence-corrected chi connectivity index (χ0v) is 16.2. The first-order valence-corrected chi connectivity index (χ1v) is 10.1. The Morgan fingerprint density at radius 1 is 1.27 bits per heavy atom. The summed E-state index contributed by atoms with van der Waals surface area (Å²) >= 11 is 0. The van der Waals surface area contributed by atoms with Gasteiger partial charge in [0.05, 0.1) is 12.5 Å². The number of hydrogen-bond donors (Lipinski definition) is 2. The van der Waals surface area contributed by atoms with Crippen LogP contribution in [0.1, 0.15) is 19.4 Å². The molecule has 0 bridgehead atoms. The van der Waals surface area contributed by atoms with Crippen molar-refractivity contribution < 1.29 is 13.2 Å². The largest absolute Gasteiger partial charge is 0.372 e. The summed E-state index contributed by atoms with van der Waals surface area (Å²) in [6, 6.07) is 5.88. The molecule has 2 aromatic rings. The van der Waals surface area contributed by atoms with Crippen LogP contribution in [0.5, 0.6) is 0 Å². The summed E-state index contributed by atoms with van der Waals surface area (Å²) in [7, 11) is -3.43. The van der Waals surface area contributed by atoms with E-state index in [4.69, 9.17) is 0 Å². The molecule has 0 radical (unpaired) electrons. The molecular formula is C16H24N6O3S. The third-order valence-electron chi connectivity index (χ3n) is 3.75. The second kappa shape index (κ2) is 8.17. The molecule has 0 spiro atoms. The van der Waals surface area contributed by atoms with E-state index in [2.05, 4.69) is 39.1 Å². The minimum Gasteiger partial charge on any atom is -0.372 e. The van der Waals surface area contributed by atoms with Gasteiger partial charge in [-0.2, -0.15) is 0 Å². The van der Waals surface area contributed by atoms with Crippen LogP contribution >= 0.6 is 0 Å². The number of rotatable bonds is 8. The molecule has 0 aliphatic rings. The Bertz CT molecular complexity index is 874. The number of hydrogen-bond acceptors (Lipinski definition) is 6. The Morgan fingerprint density at radius 3 is 2.54 bits per heavy atom. The van der Waals surface area contributed by atoms with Gasteiger partial charge in [-0.25, -0.2) is 13.1 Å². The summed E-state index contributed by atoms with van der Waals surface area (Å²) in [5, 5.41) is 10.2. The number of carbonyl (C=O) groups excluding carboxylic acids is 1. The lowest BCUT2D eigenvalue weighted by atomic mass is 10.1. The summed E-state index contributed by atoms with van der Waals surface area (Å²) in [5.74, 6) is -0.209. The van der Waals surface area contributed by atoms with Gasteiger partial charge in [-0.1, -0.05) is 5.21 Å². The molecule has 9 nitrogen and oxygen atoms in total. The minimum absolute atomic E-state index is 0.0695. The molecule has 10 heteroatoms. The molecule has 26 heavy (non-hydrogen) atoms. The van der Waals surface area contributed by atoms with Crippen molar-refractivity contribution in [3.63, 3.8) is 0 Å². The molecule has 1 heterocycles. The summed E-state index contributed by atoms with van der Waals surface area (Å²) in [5.41, 5.74) is 2.79. The van der Waals surface area contributed by atoms with Crippen molar-refractivity contribution >= 4 is 33.1 Å². The zero-order valence-electron chi connectivity index (χ0n) is 15.4. The van der Waals surface area contributed by atoms with Gasteiger partial charge < -0.3 is 10.2 Å². The maximum atomic E-state index is 12.2. The maximum absolute atomic E-state index is 12.2. The zero-order chi connectivity index (χ0) is 19.3. The van der Waals surface area contributed by atoms with Gasteiger partial charge in [0, 0.05) is 24.5 Å². The number of aryl methyl sites for hydroxylation is 1. The molecule has 142 valence electrons. The average Bonchev–Trinajstić information content (AvgIpc) is 2.95. The second-order valence-corrected chi connectivity index (χ2v) is 7.64. The Morgan fingerprint density at radius 2 is 1.96 bits per heavy atom. The van der Waals surface area contributed by atoms with E-state index in [0.717, 1.165) is 36.3 Å². The van der Waals surface area contributed by atoms with Crippen LogP contribution in [0.2, 0.25) is 0 Å². The monoisotopic (exact) mass is 380 g/mol. The van der Waals surface area contributed by atoms with Crippen LogP contribution in [-0.4, -0.2) is 48.7 Å². The maximum Gasteiger partial charge on any atom is 0.246 e. The molecule has 0 saturated heterocycles. The van der Waals surface area contributed by atoms with E-state index in [0.29, 0.717) is 0 Å². The Balaban J connectivity index is 2.02. The highest BCUT2D eigenvalue weighted by molar-refractivity contribution is 7.92. The molecule has 0 atom stereocenters. The van der Waals surface area contributed by atoms with Gasteiger partial charge in [0.25, 0.3) is 0 Å². The van der Waals surface area contributed by atoms with Crippen molar-refractivity contribution in [1.29, 1.82) is 0 Å². The number of nitrogens with one attached hydrogen (secondary N) is 2. The number of sulfonamides is 1. The van der Waals surface area contributed by atoms with Gasteiger partial charge in [-0.3, -0.25) is 9.52 Å². The fourth-order valence-electron chi connectivity index (χ4n) is 2.52. The highest BCUT2D eigenvalue weighted by atomic mass is 32.2. The minimum atomic E-state index is -3.43. The fraction of sp³-hybridized carbons (Fsp3) is 0.438. The van der Waals surface area contributed by atoms with Gasteiger partial charge in [-0.15, -0.1) is 5.10 Å². The van der Waals surface area contributed by atoms with E-state index in [1.54, 1.807) is 0 Å². The van der Waals surface area contributed by atoms with E-state index in [-0.39, 0.29) is 18.3 Å². The summed E-state index contributed by atoms with van der Waals surface area (Å²) in [6.07, 6.45) is 2.38. The standard InChI is InChI=1S/C16H24N6O3S/c1-5-21(6-2)13-7-8-14(12(3)9-13)17-16(23)11-22-10-15(18-20-22)19-26(4,24)25/h7-10,19H,5-6,11H2,1-4H3,(H,17,23). The third-order valence-corrected chi connectivity index (χ3v) is 4.33.